The number of benzene rings is 2. The maximum atomic E-state index is 13.1. The zero-order valence-corrected chi connectivity index (χ0v) is 16.5. The van der Waals surface area contributed by atoms with Crippen LogP contribution in [-0.2, 0) is 14.3 Å². The zero-order valence-electron chi connectivity index (χ0n) is 14.8. The normalized spacial score (nSPS) is 16.6. The molecule has 0 bridgehead atoms. The third-order valence-electron chi connectivity index (χ3n) is 3.97. The summed E-state index contributed by atoms with van der Waals surface area (Å²) in [7, 11) is 0. The summed E-state index contributed by atoms with van der Waals surface area (Å²) in [5, 5.41) is 0. The van der Waals surface area contributed by atoms with Gasteiger partial charge in [0.25, 0.3) is 5.91 Å². The molecule has 1 saturated heterocycles. The molecule has 0 spiro atoms. The molecule has 6 heteroatoms. The van der Waals surface area contributed by atoms with Crippen molar-refractivity contribution in [1.82, 2.24) is 4.90 Å². The van der Waals surface area contributed by atoms with Gasteiger partial charge in [-0.3, -0.25) is 9.69 Å². The Hall–Kier alpha value is -2.44. The topological polar surface area (TPSA) is 46.6 Å². The first kappa shape index (κ1) is 19.3. The highest BCUT2D eigenvalue weighted by atomic mass is 32.2. The molecule has 0 radical (unpaired) electrons. The molecule has 1 unspecified atom stereocenters. The molecular weight excluding hydrogens is 378 g/mol. The summed E-state index contributed by atoms with van der Waals surface area (Å²) in [6.07, 6.45) is 2.50. The summed E-state index contributed by atoms with van der Waals surface area (Å²) in [5.74, 6) is -0.753. The van der Waals surface area contributed by atoms with Crippen molar-refractivity contribution in [3.05, 3.63) is 76.7 Å². The van der Waals surface area contributed by atoms with Crippen LogP contribution >= 0.6 is 24.0 Å². The molecule has 4 nitrogen and oxygen atoms in total. The Bertz CT molecular complexity index is 866. The van der Waals surface area contributed by atoms with Crippen LogP contribution in [-0.4, -0.2) is 27.7 Å². The molecule has 1 aliphatic rings. The lowest BCUT2D eigenvalue weighted by atomic mass is 10.1. The summed E-state index contributed by atoms with van der Waals surface area (Å²) < 4.78 is 5.70. The van der Waals surface area contributed by atoms with Crippen molar-refractivity contribution >= 4 is 46.3 Å². The number of rotatable bonds is 6. The Kier molecular flexibility index (Phi) is 6.42. The van der Waals surface area contributed by atoms with Crippen LogP contribution < -0.4 is 0 Å². The fourth-order valence-corrected chi connectivity index (χ4v) is 4.02. The minimum Gasteiger partial charge on any atom is -0.464 e. The first-order valence-electron chi connectivity index (χ1n) is 8.65. The molecule has 0 aromatic heterocycles. The van der Waals surface area contributed by atoms with Gasteiger partial charge in [0.1, 0.15) is 4.32 Å². The second-order valence-corrected chi connectivity index (χ2v) is 7.62. The van der Waals surface area contributed by atoms with E-state index < -0.39 is 12.0 Å². The number of amides is 1. The van der Waals surface area contributed by atoms with Crippen LogP contribution in [0.2, 0.25) is 0 Å². The zero-order chi connectivity index (χ0) is 19.2. The van der Waals surface area contributed by atoms with E-state index in [4.69, 9.17) is 17.0 Å². The van der Waals surface area contributed by atoms with E-state index in [1.165, 1.54) is 16.7 Å². The number of nitrogens with zero attached hydrogens (tertiary/aromatic N) is 1. The van der Waals surface area contributed by atoms with Crippen LogP contribution in [0.5, 0.6) is 0 Å². The predicted molar refractivity (Wildman–Crippen MR) is 112 cm³/mol. The summed E-state index contributed by atoms with van der Waals surface area (Å²) in [4.78, 5) is 27.7. The number of hydrogen-bond acceptors (Lipinski definition) is 5. The van der Waals surface area contributed by atoms with Crippen LogP contribution in [0.4, 0.5) is 0 Å². The van der Waals surface area contributed by atoms with E-state index in [2.05, 4.69) is 0 Å². The van der Waals surface area contributed by atoms with Gasteiger partial charge in [0.05, 0.1) is 11.5 Å². The maximum absolute atomic E-state index is 13.1. The molecule has 0 N–H and O–H groups in total. The molecule has 0 saturated carbocycles. The molecular formula is C21H19NO3S2. The van der Waals surface area contributed by atoms with E-state index in [-0.39, 0.29) is 5.91 Å². The van der Waals surface area contributed by atoms with Crippen molar-refractivity contribution in [3.8, 4) is 0 Å². The molecule has 1 fully saturated rings. The van der Waals surface area contributed by atoms with Crippen LogP contribution in [0.15, 0.2) is 65.6 Å². The number of carbonyl (C=O) groups excluding carboxylic acids is 2. The quantitative estimate of drug-likeness (QED) is 0.406. The largest absolute Gasteiger partial charge is 0.464 e. The van der Waals surface area contributed by atoms with Gasteiger partial charge < -0.3 is 4.74 Å². The van der Waals surface area contributed by atoms with Crippen LogP contribution in [0.1, 0.15) is 30.5 Å². The predicted octanol–water partition coefficient (Wildman–Crippen LogP) is 4.58. The molecule has 1 amide bonds. The maximum Gasteiger partial charge on any atom is 0.333 e. The molecule has 2 aromatic rings. The summed E-state index contributed by atoms with van der Waals surface area (Å²) in [5.41, 5.74) is 1.58. The average molecular weight is 398 g/mol. The van der Waals surface area contributed by atoms with Gasteiger partial charge in [-0.05, 0) is 23.6 Å². The Morgan fingerprint density at radius 3 is 2.41 bits per heavy atom. The molecule has 27 heavy (non-hydrogen) atoms. The first-order chi connectivity index (χ1) is 13.1. The van der Waals surface area contributed by atoms with Gasteiger partial charge in [0.15, 0.2) is 6.04 Å². The lowest BCUT2D eigenvalue weighted by Crippen LogP contribution is -2.38. The molecule has 1 heterocycles. The van der Waals surface area contributed by atoms with Gasteiger partial charge in [0.2, 0.25) is 0 Å². The molecule has 2 aromatic carbocycles. The fourth-order valence-electron chi connectivity index (χ4n) is 2.71. The molecule has 1 atom stereocenters. The van der Waals surface area contributed by atoms with Gasteiger partial charge in [-0.25, -0.2) is 4.79 Å². The van der Waals surface area contributed by atoms with E-state index >= 15 is 0 Å². The van der Waals surface area contributed by atoms with Crippen molar-refractivity contribution < 1.29 is 14.3 Å². The highest BCUT2D eigenvalue weighted by Crippen LogP contribution is 2.38. The number of hydrogen-bond donors (Lipinski definition) is 0. The average Bonchev–Trinajstić information content (AvgIpc) is 2.96. The van der Waals surface area contributed by atoms with E-state index in [0.29, 0.717) is 27.8 Å². The van der Waals surface area contributed by atoms with E-state index in [9.17, 15) is 9.59 Å². The van der Waals surface area contributed by atoms with E-state index in [1.54, 1.807) is 18.2 Å². The van der Waals surface area contributed by atoms with Gasteiger partial charge in [-0.1, -0.05) is 91.6 Å². The second-order valence-electron chi connectivity index (χ2n) is 5.94. The van der Waals surface area contributed by atoms with Gasteiger partial charge in [0, 0.05) is 0 Å². The monoisotopic (exact) mass is 397 g/mol. The lowest BCUT2D eigenvalue weighted by Gasteiger charge is -2.25. The van der Waals surface area contributed by atoms with Crippen LogP contribution in [0.25, 0.3) is 6.08 Å². The van der Waals surface area contributed by atoms with Crippen LogP contribution in [0, 0.1) is 0 Å². The number of thiocarbonyl (C=S) groups is 1. The number of thioether (sulfide) groups is 1. The van der Waals surface area contributed by atoms with Crippen molar-refractivity contribution in [1.29, 1.82) is 0 Å². The molecule has 0 aliphatic carbocycles. The summed E-state index contributed by atoms with van der Waals surface area (Å²) in [6, 6.07) is 17.8. The molecule has 138 valence electrons. The SMILES string of the molecule is CCCOC(=O)C(c1ccccc1)N1C(=O)/C(=C/c2ccccc2)SC1=S. The van der Waals surface area contributed by atoms with Crippen molar-refractivity contribution in [2.75, 3.05) is 6.61 Å². The van der Waals surface area contributed by atoms with Crippen molar-refractivity contribution in [3.63, 3.8) is 0 Å². The Morgan fingerprint density at radius 1 is 1.15 bits per heavy atom. The minimum atomic E-state index is -0.882. The molecule has 3 rings (SSSR count). The lowest BCUT2D eigenvalue weighted by molar-refractivity contribution is -0.151. The van der Waals surface area contributed by atoms with Crippen LogP contribution in [0.3, 0.4) is 0 Å². The second kappa shape index (κ2) is 8.97. The third kappa shape index (κ3) is 4.46. The first-order valence-corrected chi connectivity index (χ1v) is 9.88. The highest BCUT2D eigenvalue weighted by molar-refractivity contribution is 8.26. The Morgan fingerprint density at radius 2 is 1.78 bits per heavy atom. The number of carbonyl (C=O) groups is 2. The van der Waals surface area contributed by atoms with E-state index in [0.717, 1.165) is 5.56 Å². The molecule has 1 aliphatic heterocycles. The minimum absolute atomic E-state index is 0.281. The van der Waals surface area contributed by atoms with E-state index in [1.807, 2.05) is 55.5 Å². The van der Waals surface area contributed by atoms with Gasteiger partial charge >= 0.3 is 5.97 Å². The van der Waals surface area contributed by atoms with Gasteiger partial charge in [-0.2, -0.15) is 0 Å². The Labute approximate surface area is 168 Å². The smallest absolute Gasteiger partial charge is 0.333 e. The number of ether oxygens (including phenoxy) is 1. The number of esters is 1. The standard InChI is InChI=1S/C21H19NO3S2/c1-2-13-25-20(24)18(16-11-7-4-8-12-16)22-19(23)17(27-21(22)26)14-15-9-5-3-6-10-15/h3-12,14,18H,2,13H2,1H3/b17-14-. The summed E-state index contributed by atoms with van der Waals surface area (Å²) in [6.45, 7) is 2.23. The fraction of sp³-hybridized carbons (Fsp3) is 0.190. The van der Waals surface area contributed by atoms with Gasteiger partial charge in [-0.15, -0.1) is 0 Å². The Balaban J connectivity index is 1.94. The third-order valence-corrected chi connectivity index (χ3v) is 5.30. The van der Waals surface area contributed by atoms with Crippen molar-refractivity contribution in [2.45, 2.75) is 19.4 Å². The summed E-state index contributed by atoms with van der Waals surface area (Å²) >= 11 is 6.64. The highest BCUT2D eigenvalue weighted by Gasteiger charge is 2.42. The van der Waals surface area contributed by atoms with Crippen molar-refractivity contribution in [2.24, 2.45) is 0 Å².